The first-order valence-corrected chi connectivity index (χ1v) is 6.08. The van der Waals surface area contributed by atoms with Crippen molar-refractivity contribution in [2.24, 2.45) is 0 Å². The van der Waals surface area contributed by atoms with E-state index >= 15 is 0 Å². The molecular weight excluding hydrogens is 184 g/mol. The Morgan fingerprint density at radius 1 is 0.833 bits per heavy atom. The molecule has 0 aliphatic heterocycles. The first kappa shape index (κ1) is 14.9. The van der Waals surface area contributed by atoms with Gasteiger partial charge in [-0.2, -0.15) is 0 Å². The van der Waals surface area contributed by atoms with Crippen molar-refractivity contribution in [3.8, 4) is 0 Å². The fourth-order valence-corrected chi connectivity index (χ4v) is 5.08. The largest absolute Gasteiger partial charge is 0.397 e. The number of hydrogen-bond acceptors (Lipinski definition) is 2. The molecule has 0 fully saturated rings. The van der Waals surface area contributed by atoms with Gasteiger partial charge in [-0.05, 0) is 22.0 Å². The van der Waals surface area contributed by atoms with E-state index in [4.69, 9.17) is 8.85 Å². The summed E-state index contributed by atoms with van der Waals surface area (Å²) in [6.07, 6.45) is 0. The Labute approximate surface area is 81.9 Å². The summed E-state index contributed by atoms with van der Waals surface area (Å²) in [5.74, 6) is 0. The standard InChI is InChI=1S/C8H20O2Si.H4Si/c1-7(2)11(9-5,10-6)8(3)4;/h7-8H,1-6H3;1H4. The van der Waals surface area contributed by atoms with Crippen molar-refractivity contribution < 1.29 is 8.85 Å². The number of hydrogen-bond donors (Lipinski definition) is 0. The van der Waals surface area contributed by atoms with Gasteiger partial charge >= 0.3 is 8.56 Å². The van der Waals surface area contributed by atoms with Gasteiger partial charge in [0.15, 0.2) is 0 Å². The summed E-state index contributed by atoms with van der Waals surface area (Å²) in [6, 6.07) is 0. The van der Waals surface area contributed by atoms with Crippen molar-refractivity contribution in [2.45, 2.75) is 38.8 Å². The van der Waals surface area contributed by atoms with Crippen LogP contribution in [0.1, 0.15) is 27.7 Å². The van der Waals surface area contributed by atoms with E-state index in [0.717, 1.165) is 0 Å². The molecular formula is C8H24O2Si2. The van der Waals surface area contributed by atoms with E-state index < -0.39 is 8.56 Å². The Hall–Kier alpha value is 0.354. The highest BCUT2D eigenvalue weighted by atomic mass is 28.4. The Kier molecular flexibility index (Phi) is 7.31. The van der Waals surface area contributed by atoms with E-state index in [2.05, 4.69) is 27.7 Å². The molecule has 0 aliphatic rings. The predicted octanol–water partition coefficient (Wildman–Crippen LogP) is 1.09. The monoisotopic (exact) mass is 208 g/mol. The van der Waals surface area contributed by atoms with Crippen molar-refractivity contribution >= 4 is 19.5 Å². The summed E-state index contributed by atoms with van der Waals surface area (Å²) in [5.41, 5.74) is 1.02. The molecule has 0 spiro atoms. The highest BCUT2D eigenvalue weighted by molar-refractivity contribution is 6.70. The lowest BCUT2D eigenvalue weighted by atomic mass is 10.5. The Bertz CT molecular complexity index is 102. The van der Waals surface area contributed by atoms with Gasteiger partial charge in [-0.25, -0.2) is 0 Å². The van der Waals surface area contributed by atoms with Crippen LogP contribution in [0.2, 0.25) is 11.1 Å². The quantitative estimate of drug-likeness (QED) is 0.644. The SMILES string of the molecule is CO[Si](OC)(C(C)C)C(C)C.[SiH4]. The maximum atomic E-state index is 5.53. The molecule has 0 aromatic heterocycles. The van der Waals surface area contributed by atoms with Crippen molar-refractivity contribution in [1.29, 1.82) is 0 Å². The van der Waals surface area contributed by atoms with E-state index in [9.17, 15) is 0 Å². The van der Waals surface area contributed by atoms with Crippen LogP contribution in [0.4, 0.5) is 0 Å². The zero-order chi connectivity index (χ0) is 9.07. The average molecular weight is 208 g/mol. The topological polar surface area (TPSA) is 18.5 Å². The minimum absolute atomic E-state index is 0. The van der Waals surface area contributed by atoms with Crippen LogP contribution in [-0.2, 0) is 8.85 Å². The zero-order valence-corrected chi connectivity index (χ0v) is 9.47. The van der Waals surface area contributed by atoms with Gasteiger partial charge in [0.25, 0.3) is 0 Å². The van der Waals surface area contributed by atoms with E-state index in [0.29, 0.717) is 11.1 Å². The summed E-state index contributed by atoms with van der Waals surface area (Å²) >= 11 is 0. The fraction of sp³-hybridized carbons (Fsp3) is 1.00. The first-order chi connectivity index (χ1) is 5.01. The molecule has 0 bridgehead atoms. The second kappa shape index (κ2) is 5.91. The van der Waals surface area contributed by atoms with E-state index in [-0.39, 0.29) is 11.0 Å². The van der Waals surface area contributed by atoms with Gasteiger partial charge in [-0.15, -0.1) is 0 Å². The molecule has 0 aromatic rings. The fourth-order valence-electron chi connectivity index (χ4n) is 1.69. The van der Waals surface area contributed by atoms with Gasteiger partial charge in [0.2, 0.25) is 0 Å². The van der Waals surface area contributed by atoms with Gasteiger partial charge in [-0.1, -0.05) is 27.7 Å². The zero-order valence-electron chi connectivity index (χ0n) is 8.47. The molecule has 0 rings (SSSR count). The van der Waals surface area contributed by atoms with Crippen LogP contribution in [0.3, 0.4) is 0 Å². The van der Waals surface area contributed by atoms with Gasteiger partial charge in [0, 0.05) is 14.2 Å². The van der Waals surface area contributed by atoms with Crippen molar-refractivity contribution in [2.75, 3.05) is 14.2 Å². The van der Waals surface area contributed by atoms with Gasteiger partial charge in [-0.3, -0.25) is 0 Å². The molecule has 0 N–H and O–H groups in total. The molecule has 2 nitrogen and oxygen atoms in total. The summed E-state index contributed by atoms with van der Waals surface area (Å²) in [6.45, 7) is 8.66. The molecule has 0 aliphatic carbocycles. The Morgan fingerprint density at radius 2 is 1.08 bits per heavy atom. The molecule has 0 unspecified atom stereocenters. The maximum absolute atomic E-state index is 5.53. The van der Waals surface area contributed by atoms with Crippen LogP contribution in [0, 0.1) is 0 Å². The predicted molar refractivity (Wildman–Crippen MR) is 61.3 cm³/mol. The van der Waals surface area contributed by atoms with E-state index in [1.165, 1.54) is 0 Å². The molecule has 76 valence electrons. The van der Waals surface area contributed by atoms with E-state index in [1.807, 2.05) is 0 Å². The third-order valence-corrected chi connectivity index (χ3v) is 6.74. The lowest BCUT2D eigenvalue weighted by Crippen LogP contribution is -2.46. The lowest BCUT2D eigenvalue weighted by Gasteiger charge is -2.34. The lowest BCUT2D eigenvalue weighted by molar-refractivity contribution is 0.223. The van der Waals surface area contributed by atoms with Crippen molar-refractivity contribution in [1.82, 2.24) is 0 Å². The van der Waals surface area contributed by atoms with Crippen LogP contribution in [-0.4, -0.2) is 33.7 Å². The molecule has 12 heavy (non-hydrogen) atoms. The van der Waals surface area contributed by atoms with Crippen LogP contribution in [0.15, 0.2) is 0 Å². The molecule has 0 atom stereocenters. The Morgan fingerprint density at radius 3 is 1.08 bits per heavy atom. The molecule has 0 aromatic carbocycles. The molecule has 0 heterocycles. The molecule has 0 amide bonds. The molecule has 4 heteroatoms. The van der Waals surface area contributed by atoms with Crippen molar-refractivity contribution in [3.63, 3.8) is 0 Å². The highest BCUT2D eigenvalue weighted by Crippen LogP contribution is 2.32. The minimum Gasteiger partial charge on any atom is -0.397 e. The van der Waals surface area contributed by atoms with Gasteiger partial charge in [0.05, 0.1) is 0 Å². The smallest absolute Gasteiger partial charge is 0.342 e. The summed E-state index contributed by atoms with van der Waals surface area (Å²) in [7, 11) is 1.62. The number of rotatable bonds is 4. The van der Waals surface area contributed by atoms with Crippen LogP contribution < -0.4 is 0 Å². The Balaban J connectivity index is 0. The summed E-state index contributed by atoms with van der Waals surface area (Å²) in [4.78, 5) is 0. The maximum Gasteiger partial charge on any atom is 0.342 e. The first-order valence-electron chi connectivity index (χ1n) is 4.11. The average Bonchev–Trinajstić information content (AvgIpc) is 1.90. The normalized spacial score (nSPS) is 12.0. The van der Waals surface area contributed by atoms with Crippen LogP contribution in [0.25, 0.3) is 0 Å². The second-order valence-electron chi connectivity index (χ2n) is 3.44. The molecule has 0 saturated heterocycles. The molecule has 0 saturated carbocycles. The van der Waals surface area contributed by atoms with Crippen molar-refractivity contribution in [3.05, 3.63) is 0 Å². The highest BCUT2D eigenvalue weighted by Gasteiger charge is 2.42. The molecule has 0 radical (unpaired) electrons. The van der Waals surface area contributed by atoms with Crippen LogP contribution >= 0.6 is 0 Å². The van der Waals surface area contributed by atoms with E-state index in [1.54, 1.807) is 14.2 Å². The third kappa shape index (κ3) is 2.69. The second-order valence-corrected chi connectivity index (χ2v) is 8.01. The summed E-state index contributed by atoms with van der Waals surface area (Å²) in [5, 5.41) is 0. The van der Waals surface area contributed by atoms with Gasteiger partial charge in [0.1, 0.15) is 0 Å². The minimum atomic E-state index is -1.90. The third-order valence-electron chi connectivity index (χ3n) is 2.25. The van der Waals surface area contributed by atoms with Crippen LogP contribution in [0.5, 0.6) is 0 Å². The van der Waals surface area contributed by atoms with Gasteiger partial charge < -0.3 is 8.85 Å². The summed E-state index contributed by atoms with van der Waals surface area (Å²) < 4.78 is 11.1.